The van der Waals surface area contributed by atoms with Crippen LogP contribution in [0.2, 0.25) is 0 Å². The summed E-state index contributed by atoms with van der Waals surface area (Å²) < 4.78 is 9.94. The van der Waals surface area contributed by atoms with Crippen LogP contribution in [0.5, 0.6) is 0 Å². The fourth-order valence-corrected chi connectivity index (χ4v) is 3.91. The molecule has 0 bridgehead atoms. The Morgan fingerprint density at radius 1 is 1.12 bits per heavy atom. The number of benzene rings is 1. The topological polar surface area (TPSA) is 102 Å². The number of esters is 1. The average Bonchev–Trinajstić information content (AvgIpc) is 3.04. The summed E-state index contributed by atoms with van der Waals surface area (Å²) in [5, 5.41) is 2.46. The number of hydrogen-bond acceptors (Lipinski definition) is 6. The van der Waals surface area contributed by atoms with Crippen LogP contribution >= 0.6 is 0 Å². The highest BCUT2D eigenvalue weighted by molar-refractivity contribution is 6.02. The number of carbonyl (C=O) groups excluding carboxylic acids is 4. The molecule has 0 spiro atoms. The number of carbonyl (C=O) groups is 4. The van der Waals surface area contributed by atoms with Gasteiger partial charge in [-0.05, 0) is 38.2 Å². The van der Waals surface area contributed by atoms with Crippen LogP contribution < -0.4 is 5.32 Å². The van der Waals surface area contributed by atoms with E-state index in [1.54, 1.807) is 0 Å². The third-order valence-corrected chi connectivity index (χ3v) is 5.69. The van der Waals surface area contributed by atoms with Crippen LogP contribution in [0.3, 0.4) is 0 Å². The minimum Gasteiger partial charge on any atom is -0.467 e. The molecular weight excluding hydrogens is 412 g/mol. The van der Waals surface area contributed by atoms with Crippen molar-refractivity contribution in [3.63, 3.8) is 0 Å². The Morgan fingerprint density at radius 3 is 2.50 bits per heavy atom. The first-order valence-corrected chi connectivity index (χ1v) is 11.2. The molecule has 176 valence electrons. The zero-order valence-electron chi connectivity index (χ0n) is 19.2. The van der Waals surface area contributed by atoms with Crippen LogP contribution in [-0.4, -0.2) is 54.1 Å². The number of nitrogens with one attached hydrogen (secondary N) is 1. The highest BCUT2D eigenvalue weighted by Crippen LogP contribution is 2.33. The molecule has 2 rings (SSSR count). The molecule has 1 unspecified atom stereocenters. The average molecular weight is 447 g/mol. The molecule has 32 heavy (non-hydrogen) atoms. The highest BCUT2D eigenvalue weighted by atomic mass is 16.5. The third-order valence-electron chi connectivity index (χ3n) is 5.69. The molecule has 1 aromatic rings. The predicted molar refractivity (Wildman–Crippen MR) is 119 cm³/mol. The van der Waals surface area contributed by atoms with E-state index in [-0.39, 0.29) is 25.4 Å². The number of amides is 2. The van der Waals surface area contributed by atoms with E-state index < -0.39 is 29.6 Å². The lowest BCUT2D eigenvalue weighted by Crippen LogP contribution is -2.59. The van der Waals surface area contributed by atoms with E-state index in [4.69, 9.17) is 9.47 Å². The van der Waals surface area contributed by atoms with Gasteiger partial charge in [0.2, 0.25) is 5.91 Å². The number of aryl methyl sites for hydroxylation is 1. The lowest BCUT2D eigenvalue weighted by atomic mass is 9.98. The number of likely N-dealkylation sites (tertiary alicyclic amines) is 1. The highest BCUT2D eigenvalue weighted by Gasteiger charge is 2.56. The van der Waals surface area contributed by atoms with Crippen molar-refractivity contribution in [3.8, 4) is 0 Å². The van der Waals surface area contributed by atoms with Crippen LogP contribution in [0.15, 0.2) is 30.3 Å². The number of unbranched alkanes of at least 4 members (excludes halogenated alkanes) is 3. The van der Waals surface area contributed by atoms with Crippen molar-refractivity contribution in [2.24, 2.45) is 0 Å². The summed E-state index contributed by atoms with van der Waals surface area (Å²) in [6.07, 6.45) is 2.74. The minimum absolute atomic E-state index is 0.164. The van der Waals surface area contributed by atoms with Gasteiger partial charge in [-0.3, -0.25) is 19.8 Å². The Hall–Kier alpha value is -2.90. The zero-order valence-corrected chi connectivity index (χ0v) is 19.2. The normalized spacial score (nSPS) is 20.2. The summed E-state index contributed by atoms with van der Waals surface area (Å²) in [4.78, 5) is 51.5. The number of Topliss-reactive ketones (excluding diaryl/α,β-unsaturated/α-hetero) is 1. The van der Waals surface area contributed by atoms with Crippen molar-refractivity contribution in [2.45, 2.75) is 76.9 Å². The summed E-state index contributed by atoms with van der Waals surface area (Å²) >= 11 is 0. The summed E-state index contributed by atoms with van der Waals surface area (Å²) in [6.45, 7) is 3.67. The third kappa shape index (κ3) is 6.55. The molecule has 8 heteroatoms. The van der Waals surface area contributed by atoms with Crippen LogP contribution in [0.1, 0.15) is 64.4 Å². The number of hydrogen-bond donors (Lipinski definition) is 1. The summed E-state index contributed by atoms with van der Waals surface area (Å²) in [5.74, 6) is -1.49. The van der Waals surface area contributed by atoms with Gasteiger partial charge in [-0.25, -0.2) is 9.59 Å². The van der Waals surface area contributed by atoms with E-state index in [1.807, 2.05) is 25.1 Å². The second-order valence-electron chi connectivity index (χ2n) is 8.25. The summed E-state index contributed by atoms with van der Waals surface area (Å²) in [5.41, 5.74) is -0.220. The maximum absolute atomic E-state index is 13.1. The number of rotatable bonds is 11. The molecule has 1 fully saturated rings. The molecule has 1 N–H and O–H groups in total. The molecule has 2 amide bonds. The monoisotopic (exact) mass is 446 g/mol. The van der Waals surface area contributed by atoms with E-state index in [9.17, 15) is 19.2 Å². The van der Waals surface area contributed by atoms with Gasteiger partial charge in [-0.15, -0.1) is 0 Å². The maximum Gasteiger partial charge on any atom is 0.409 e. The molecular formula is C24H34N2O6. The molecule has 0 aromatic heterocycles. The molecule has 1 saturated heterocycles. The number of ether oxygens (including phenoxy) is 2. The first-order valence-electron chi connectivity index (χ1n) is 11.2. The Kier molecular flexibility index (Phi) is 9.68. The maximum atomic E-state index is 13.1. The number of nitrogens with zero attached hydrogens (tertiary/aromatic N) is 1. The van der Waals surface area contributed by atoms with Crippen molar-refractivity contribution in [1.29, 1.82) is 0 Å². The van der Waals surface area contributed by atoms with E-state index in [0.717, 1.165) is 25.7 Å². The molecule has 0 saturated carbocycles. The van der Waals surface area contributed by atoms with Gasteiger partial charge in [0, 0.05) is 12.8 Å². The molecule has 0 aliphatic carbocycles. The fourth-order valence-electron chi connectivity index (χ4n) is 3.91. The van der Waals surface area contributed by atoms with Crippen molar-refractivity contribution in [2.75, 3.05) is 13.7 Å². The van der Waals surface area contributed by atoms with E-state index >= 15 is 0 Å². The predicted octanol–water partition coefficient (Wildman–Crippen LogP) is 3.38. The molecule has 1 heterocycles. The lowest BCUT2D eigenvalue weighted by Gasteiger charge is -2.35. The summed E-state index contributed by atoms with van der Waals surface area (Å²) in [7, 11) is 1.21. The Balaban J connectivity index is 1.99. The fraction of sp³-hybridized carbons (Fsp3) is 0.583. The van der Waals surface area contributed by atoms with Crippen molar-refractivity contribution in [3.05, 3.63) is 35.9 Å². The van der Waals surface area contributed by atoms with Gasteiger partial charge in [-0.2, -0.15) is 0 Å². The molecule has 8 nitrogen and oxygen atoms in total. The molecule has 1 aromatic carbocycles. The Morgan fingerprint density at radius 2 is 1.84 bits per heavy atom. The molecule has 1 aliphatic heterocycles. The first kappa shape index (κ1) is 25.4. The number of alkyl carbamates (subject to hydrolysis) is 1. The standard InChI is InChI=1S/C24H34N2O6/c1-4-5-16-32-23(30)25-21-19(27)17-24(2,22(29)31-3)26(21)20(28)15-11-7-10-14-18-12-8-6-9-13-18/h6,8-9,12-13,21H,4-5,7,10-11,14-17H2,1-3H3,(H,25,30)/t21?,24-/m0/s1. The van der Waals surface area contributed by atoms with Gasteiger partial charge in [0.05, 0.1) is 13.7 Å². The Bertz CT molecular complexity index is 797. The second kappa shape index (κ2) is 12.2. The van der Waals surface area contributed by atoms with Gasteiger partial charge in [0.1, 0.15) is 5.54 Å². The summed E-state index contributed by atoms with van der Waals surface area (Å²) in [6, 6.07) is 10.1. The van der Waals surface area contributed by atoms with Gasteiger partial charge in [0.25, 0.3) is 0 Å². The van der Waals surface area contributed by atoms with E-state index in [1.165, 1.54) is 24.5 Å². The van der Waals surface area contributed by atoms with Crippen molar-refractivity contribution < 1.29 is 28.7 Å². The molecule has 0 radical (unpaired) electrons. The smallest absolute Gasteiger partial charge is 0.409 e. The SMILES string of the molecule is CCCCOC(=O)NC1C(=O)C[C@@](C)(C(=O)OC)N1C(=O)CCCCCc1ccccc1. The number of ketones is 1. The van der Waals surface area contributed by atoms with E-state index in [2.05, 4.69) is 17.4 Å². The van der Waals surface area contributed by atoms with Crippen molar-refractivity contribution in [1.82, 2.24) is 10.2 Å². The largest absolute Gasteiger partial charge is 0.467 e. The zero-order chi connectivity index (χ0) is 23.6. The van der Waals surface area contributed by atoms with Gasteiger partial charge in [0.15, 0.2) is 11.9 Å². The van der Waals surface area contributed by atoms with Crippen LogP contribution in [0.25, 0.3) is 0 Å². The van der Waals surface area contributed by atoms with Gasteiger partial charge < -0.3 is 9.47 Å². The minimum atomic E-state index is -1.46. The quantitative estimate of drug-likeness (QED) is 0.413. The van der Waals surface area contributed by atoms with Crippen LogP contribution in [-0.2, 0) is 30.3 Å². The molecule has 2 atom stereocenters. The molecule has 1 aliphatic rings. The van der Waals surface area contributed by atoms with Crippen LogP contribution in [0.4, 0.5) is 4.79 Å². The number of methoxy groups -OCH3 is 1. The second-order valence-corrected chi connectivity index (χ2v) is 8.25. The van der Waals surface area contributed by atoms with Crippen LogP contribution in [0, 0.1) is 0 Å². The lowest BCUT2D eigenvalue weighted by molar-refractivity contribution is -0.160. The van der Waals surface area contributed by atoms with Gasteiger partial charge >= 0.3 is 12.1 Å². The van der Waals surface area contributed by atoms with Gasteiger partial charge in [-0.1, -0.05) is 50.1 Å². The Labute approximate surface area is 189 Å². The van der Waals surface area contributed by atoms with Crippen molar-refractivity contribution >= 4 is 23.8 Å². The first-order chi connectivity index (χ1) is 15.3. The van der Waals surface area contributed by atoms with E-state index in [0.29, 0.717) is 12.8 Å².